The number of amides is 2. The molecule has 0 heterocycles. The number of nitrogens with two attached hydrogens (primary N) is 1. The minimum absolute atomic E-state index is 0.0486. The van der Waals surface area contributed by atoms with Gasteiger partial charge in [0, 0.05) is 17.3 Å². The molecule has 0 radical (unpaired) electrons. The molecule has 22 heavy (non-hydrogen) atoms. The van der Waals surface area contributed by atoms with Gasteiger partial charge >= 0.3 is 0 Å². The van der Waals surface area contributed by atoms with Gasteiger partial charge in [-0.1, -0.05) is 26.2 Å². The van der Waals surface area contributed by atoms with Crippen molar-refractivity contribution in [1.82, 2.24) is 5.32 Å². The van der Waals surface area contributed by atoms with Crippen LogP contribution < -0.4 is 16.4 Å². The summed E-state index contributed by atoms with van der Waals surface area (Å²) in [6.07, 6.45) is 6.04. The molecule has 120 valence electrons. The fourth-order valence-corrected chi connectivity index (χ4v) is 2.72. The van der Waals surface area contributed by atoms with E-state index in [-0.39, 0.29) is 11.8 Å². The van der Waals surface area contributed by atoms with Gasteiger partial charge in [0.15, 0.2) is 0 Å². The van der Waals surface area contributed by atoms with Crippen molar-refractivity contribution in [2.24, 2.45) is 5.73 Å². The van der Waals surface area contributed by atoms with Crippen LogP contribution in [0.5, 0.6) is 0 Å². The molecule has 1 aliphatic rings. The van der Waals surface area contributed by atoms with Crippen LogP contribution in [0, 0.1) is 0 Å². The second-order valence-corrected chi connectivity index (χ2v) is 5.92. The number of hydrogen-bond acceptors (Lipinski definition) is 3. The first-order valence-corrected chi connectivity index (χ1v) is 8.07. The second-order valence-electron chi connectivity index (χ2n) is 5.92. The topological polar surface area (TPSA) is 84.2 Å². The number of nitrogens with one attached hydrogen (secondary N) is 2. The molecular formula is C17H25N3O2. The zero-order valence-corrected chi connectivity index (χ0v) is 13.1. The molecule has 0 saturated heterocycles. The molecule has 1 aliphatic carbocycles. The highest BCUT2D eigenvalue weighted by Crippen LogP contribution is 2.18. The standard InChI is InChI=1S/C17H25N3O2/c1-2-5-15(18)17(22)20-14-10-8-12(9-11-14)16(21)19-13-6-3-4-7-13/h8-11,13,15H,2-7,18H2,1H3,(H,19,21)(H,20,22). The maximum atomic E-state index is 12.1. The van der Waals surface area contributed by atoms with Crippen LogP contribution in [-0.2, 0) is 4.79 Å². The largest absolute Gasteiger partial charge is 0.349 e. The van der Waals surface area contributed by atoms with Crippen molar-refractivity contribution in [3.8, 4) is 0 Å². The maximum Gasteiger partial charge on any atom is 0.251 e. The van der Waals surface area contributed by atoms with Gasteiger partial charge in [-0.3, -0.25) is 9.59 Å². The van der Waals surface area contributed by atoms with Gasteiger partial charge in [0.1, 0.15) is 0 Å². The normalized spacial score (nSPS) is 16.3. The summed E-state index contributed by atoms with van der Waals surface area (Å²) < 4.78 is 0. The highest BCUT2D eigenvalue weighted by atomic mass is 16.2. The van der Waals surface area contributed by atoms with E-state index in [1.54, 1.807) is 24.3 Å². The van der Waals surface area contributed by atoms with Crippen LogP contribution in [0.15, 0.2) is 24.3 Å². The Morgan fingerprint density at radius 2 is 1.86 bits per heavy atom. The predicted octanol–water partition coefficient (Wildman–Crippen LogP) is 2.42. The molecular weight excluding hydrogens is 278 g/mol. The van der Waals surface area contributed by atoms with E-state index < -0.39 is 6.04 Å². The summed E-state index contributed by atoms with van der Waals surface area (Å²) in [7, 11) is 0. The minimum Gasteiger partial charge on any atom is -0.349 e. The summed E-state index contributed by atoms with van der Waals surface area (Å²) >= 11 is 0. The Labute approximate surface area is 131 Å². The average molecular weight is 303 g/mol. The lowest BCUT2D eigenvalue weighted by molar-refractivity contribution is -0.117. The van der Waals surface area contributed by atoms with Crippen molar-refractivity contribution in [1.29, 1.82) is 0 Å². The second kappa shape index (κ2) is 7.94. The SMILES string of the molecule is CCCC(N)C(=O)Nc1ccc(C(=O)NC2CCCC2)cc1. The Kier molecular flexibility index (Phi) is 5.95. The number of carbonyl (C=O) groups excluding carboxylic acids is 2. The Morgan fingerprint density at radius 3 is 2.45 bits per heavy atom. The van der Waals surface area contributed by atoms with Gasteiger partial charge in [0.2, 0.25) is 5.91 Å². The molecule has 1 atom stereocenters. The van der Waals surface area contributed by atoms with Gasteiger partial charge in [0.05, 0.1) is 6.04 Å². The molecule has 4 N–H and O–H groups in total. The van der Waals surface area contributed by atoms with Gasteiger partial charge < -0.3 is 16.4 Å². The fourth-order valence-electron chi connectivity index (χ4n) is 2.72. The molecule has 1 unspecified atom stereocenters. The molecule has 0 spiro atoms. The van der Waals surface area contributed by atoms with Gasteiger partial charge in [-0.2, -0.15) is 0 Å². The number of carbonyl (C=O) groups is 2. The summed E-state index contributed by atoms with van der Waals surface area (Å²) in [5.74, 6) is -0.238. The summed E-state index contributed by atoms with van der Waals surface area (Å²) in [5.41, 5.74) is 7.04. The van der Waals surface area contributed by atoms with Gasteiger partial charge in [-0.05, 0) is 43.5 Å². The van der Waals surface area contributed by atoms with Gasteiger partial charge in [-0.15, -0.1) is 0 Å². The van der Waals surface area contributed by atoms with Crippen LogP contribution in [0.4, 0.5) is 5.69 Å². The molecule has 0 aromatic heterocycles. The van der Waals surface area contributed by atoms with E-state index in [1.165, 1.54) is 12.8 Å². The minimum atomic E-state index is -0.490. The third-order valence-corrected chi connectivity index (χ3v) is 4.04. The van der Waals surface area contributed by atoms with Crippen molar-refractivity contribution < 1.29 is 9.59 Å². The lowest BCUT2D eigenvalue weighted by Crippen LogP contribution is -2.35. The van der Waals surface area contributed by atoms with Crippen molar-refractivity contribution in [2.45, 2.75) is 57.5 Å². The molecule has 1 aromatic rings. The summed E-state index contributed by atoms with van der Waals surface area (Å²) in [6.45, 7) is 1.99. The molecule has 1 aromatic carbocycles. The third kappa shape index (κ3) is 4.56. The summed E-state index contributed by atoms with van der Waals surface area (Å²) in [6, 6.07) is 6.74. The van der Waals surface area contributed by atoms with Crippen LogP contribution in [0.3, 0.4) is 0 Å². The monoisotopic (exact) mass is 303 g/mol. The Bertz CT molecular complexity index is 507. The molecule has 5 heteroatoms. The van der Waals surface area contributed by atoms with Crippen LogP contribution in [0.1, 0.15) is 55.8 Å². The number of benzene rings is 1. The number of hydrogen-bond donors (Lipinski definition) is 3. The summed E-state index contributed by atoms with van der Waals surface area (Å²) in [4.78, 5) is 23.9. The smallest absolute Gasteiger partial charge is 0.251 e. The molecule has 2 rings (SSSR count). The summed E-state index contributed by atoms with van der Waals surface area (Å²) in [5, 5.41) is 5.81. The Morgan fingerprint density at radius 1 is 1.23 bits per heavy atom. The van der Waals surface area contributed by atoms with Crippen molar-refractivity contribution in [3.63, 3.8) is 0 Å². The Balaban J connectivity index is 1.89. The zero-order valence-electron chi connectivity index (χ0n) is 13.1. The van der Waals surface area contributed by atoms with E-state index in [4.69, 9.17) is 5.73 Å². The lowest BCUT2D eigenvalue weighted by Gasteiger charge is -2.13. The lowest BCUT2D eigenvalue weighted by atomic mass is 10.1. The molecule has 1 fully saturated rings. The van der Waals surface area contributed by atoms with Crippen LogP contribution in [0.2, 0.25) is 0 Å². The molecule has 1 saturated carbocycles. The van der Waals surface area contributed by atoms with E-state index in [2.05, 4.69) is 10.6 Å². The quantitative estimate of drug-likeness (QED) is 0.754. The molecule has 0 bridgehead atoms. The van der Waals surface area contributed by atoms with Crippen LogP contribution in [0.25, 0.3) is 0 Å². The first-order chi connectivity index (χ1) is 10.6. The van der Waals surface area contributed by atoms with Crippen molar-refractivity contribution >= 4 is 17.5 Å². The van der Waals surface area contributed by atoms with Crippen molar-refractivity contribution in [3.05, 3.63) is 29.8 Å². The third-order valence-electron chi connectivity index (χ3n) is 4.04. The first kappa shape index (κ1) is 16.5. The highest BCUT2D eigenvalue weighted by Gasteiger charge is 2.18. The van der Waals surface area contributed by atoms with Crippen LogP contribution in [-0.4, -0.2) is 23.9 Å². The highest BCUT2D eigenvalue weighted by molar-refractivity contribution is 5.97. The van der Waals surface area contributed by atoms with E-state index in [0.29, 0.717) is 23.7 Å². The molecule has 0 aliphatic heterocycles. The fraction of sp³-hybridized carbons (Fsp3) is 0.529. The molecule has 2 amide bonds. The van der Waals surface area contributed by atoms with E-state index in [9.17, 15) is 9.59 Å². The van der Waals surface area contributed by atoms with E-state index >= 15 is 0 Å². The van der Waals surface area contributed by atoms with Crippen molar-refractivity contribution in [2.75, 3.05) is 5.32 Å². The van der Waals surface area contributed by atoms with Gasteiger partial charge in [-0.25, -0.2) is 0 Å². The Hall–Kier alpha value is -1.88. The molecule has 5 nitrogen and oxygen atoms in total. The number of rotatable bonds is 6. The zero-order chi connectivity index (χ0) is 15.9. The number of anilines is 1. The van der Waals surface area contributed by atoms with Gasteiger partial charge in [0.25, 0.3) is 5.91 Å². The van der Waals surface area contributed by atoms with E-state index in [1.807, 2.05) is 6.92 Å². The average Bonchev–Trinajstić information content (AvgIpc) is 3.01. The van der Waals surface area contributed by atoms with E-state index in [0.717, 1.165) is 19.3 Å². The van der Waals surface area contributed by atoms with Crippen LogP contribution >= 0.6 is 0 Å². The first-order valence-electron chi connectivity index (χ1n) is 8.07. The maximum absolute atomic E-state index is 12.1. The predicted molar refractivity (Wildman–Crippen MR) is 87.7 cm³/mol.